The zero-order valence-electron chi connectivity index (χ0n) is 11.0. The maximum Gasteiger partial charge on any atom is 0.178 e. The molecule has 0 unspecified atom stereocenters. The van der Waals surface area contributed by atoms with Crippen LogP contribution < -0.4 is 0 Å². The SMILES string of the molecule is CC(C)=CC(=O)C=C(C)CCC(=O)c1ccoc1. The van der Waals surface area contributed by atoms with Gasteiger partial charge in [0.15, 0.2) is 11.6 Å². The van der Waals surface area contributed by atoms with Crippen LogP contribution in [0.1, 0.15) is 44.0 Å². The summed E-state index contributed by atoms with van der Waals surface area (Å²) in [5.74, 6) is 0.00873. The van der Waals surface area contributed by atoms with Gasteiger partial charge in [0, 0.05) is 6.42 Å². The first-order valence-corrected chi connectivity index (χ1v) is 5.90. The van der Waals surface area contributed by atoms with Gasteiger partial charge in [-0.1, -0.05) is 11.1 Å². The van der Waals surface area contributed by atoms with Gasteiger partial charge >= 0.3 is 0 Å². The molecule has 0 aliphatic rings. The van der Waals surface area contributed by atoms with Gasteiger partial charge in [0.2, 0.25) is 0 Å². The minimum Gasteiger partial charge on any atom is -0.472 e. The molecular formula is C15H18O3. The van der Waals surface area contributed by atoms with Crippen LogP contribution in [0.5, 0.6) is 0 Å². The van der Waals surface area contributed by atoms with Crippen molar-refractivity contribution in [3.8, 4) is 0 Å². The van der Waals surface area contributed by atoms with E-state index in [9.17, 15) is 9.59 Å². The van der Waals surface area contributed by atoms with Gasteiger partial charge < -0.3 is 4.42 Å². The molecule has 1 aromatic rings. The Morgan fingerprint density at radius 2 is 1.89 bits per heavy atom. The second-order valence-corrected chi connectivity index (χ2v) is 4.55. The number of carbonyl (C=O) groups is 2. The van der Waals surface area contributed by atoms with Gasteiger partial charge in [-0.25, -0.2) is 0 Å². The molecule has 0 amide bonds. The molecule has 0 bridgehead atoms. The molecule has 0 saturated heterocycles. The highest BCUT2D eigenvalue weighted by Gasteiger charge is 2.07. The van der Waals surface area contributed by atoms with Crippen molar-refractivity contribution in [2.24, 2.45) is 0 Å². The van der Waals surface area contributed by atoms with Gasteiger partial charge in [0.25, 0.3) is 0 Å². The summed E-state index contributed by atoms with van der Waals surface area (Å²) in [4.78, 5) is 23.2. The largest absolute Gasteiger partial charge is 0.472 e. The fourth-order valence-electron chi connectivity index (χ4n) is 1.52. The summed E-state index contributed by atoms with van der Waals surface area (Å²) in [5.41, 5.74) is 2.46. The summed E-state index contributed by atoms with van der Waals surface area (Å²) >= 11 is 0. The van der Waals surface area contributed by atoms with Gasteiger partial charge in [-0.15, -0.1) is 0 Å². The van der Waals surface area contributed by atoms with Crippen LogP contribution in [0.4, 0.5) is 0 Å². The Morgan fingerprint density at radius 1 is 1.17 bits per heavy atom. The smallest absolute Gasteiger partial charge is 0.178 e. The number of furan rings is 1. The highest BCUT2D eigenvalue weighted by Crippen LogP contribution is 2.10. The Bertz CT molecular complexity index is 472. The number of carbonyl (C=O) groups excluding carboxylic acids is 2. The fraction of sp³-hybridized carbons (Fsp3) is 0.333. The summed E-state index contributed by atoms with van der Waals surface area (Å²) in [6.45, 7) is 5.62. The van der Waals surface area contributed by atoms with Crippen molar-refractivity contribution in [1.82, 2.24) is 0 Å². The van der Waals surface area contributed by atoms with E-state index in [0.717, 1.165) is 11.1 Å². The van der Waals surface area contributed by atoms with Crippen molar-refractivity contribution in [2.45, 2.75) is 33.6 Å². The zero-order valence-corrected chi connectivity index (χ0v) is 11.0. The van der Waals surface area contributed by atoms with Crippen molar-refractivity contribution in [3.63, 3.8) is 0 Å². The predicted octanol–water partition coefficient (Wildman–Crippen LogP) is 3.72. The molecule has 3 nitrogen and oxygen atoms in total. The molecule has 0 radical (unpaired) electrons. The molecule has 0 aliphatic carbocycles. The summed E-state index contributed by atoms with van der Waals surface area (Å²) < 4.78 is 4.85. The highest BCUT2D eigenvalue weighted by atomic mass is 16.3. The maximum absolute atomic E-state index is 11.7. The van der Waals surface area contributed by atoms with Crippen LogP contribution in [0.25, 0.3) is 0 Å². The number of ketones is 2. The van der Waals surface area contributed by atoms with Crippen LogP contribution in [-0.2, 0) is 4.79 Å². The van der Waals surface area contributed by atoms with E-state index >= 15 is 0 Å². The number of allylic oxidation sites excluding steroid dienone is 4. The van der Waals surface area contributed by atoms with Crippen molar-refractivity contribution >= 4 is 11.6 Å². The van der Waals surface area contributed by atoms with E-state index < -0.39 is 0 Å². The quantitative estimate of drug-likeness (QED) is 0.567. The number of Topliss-reactive ketones (excluding diaryl/α,β-unsaturated/α-hetero) is 1. The third kappa shape index (κ3) is 4.95. The molecule has 1 heterocycles. The second-order valence-electron chi connectivity index (χ2n) is 4.55. The van der Waals surface area contributed by atoms with Crippen LogP contribution in [0, 0.1) is 0 Å². The lowest BCUT2D eigenvalue weighted by Crippen LogP contribution is -1.98. The topological polar surface area (TPSA) is 47.3 Å². The summed E-state index contributed by atoms with van der Waals surface area (Å²) in [5, 5.41) is 0. The average Bonchev–Trinajstić information content (AvgIpc) is 2.77. The van der Waals surface area contributed by atoms with Crippen LogP contribution in [0.2, 0.25) is 0 Å². The first kappa shape index (κ1) is 14.2. The van der Waals surface area contributed by atoms with E-state index in [4.69, 9.17) is 4.42 Å². The minimum absolute atomic E-state index is 0.0248. The lowest BCUT2D eigenvalue weighted by atomic mass is 10.0. The molecule has 0 aromatic carbocycles. The molecule has 96 valence electrons. The fourth-order valence-corrected chi connectivity index (χ4v) is 1.52. The Labute approximate surface area is 107 Å². The van der Waals surface area contributed by atoms with Crippen LogP contribution >= 0.6 is 0 Å². The molecule has 1 aromatic heterocycles. The predicted molar refractivity (Wildman–Crippen MR) is 70.5 cm³/mol. The lowest BCUT2D eigenvalue weighted by Gasteiger charge is -1.99. The minimum atomic E-state index is -0.0248. The third-order valence-electron chi connectivity index (χ3n) is 2.41. The lowest BCUT2D eigenvalue weighted by molar-refractivity contribution is -0.110. The zero-order chi connectivity index (χ0) is 13.5. The number of hydrogen-bond acceptors (Lipinski definition) is 3. The van der Waals surface area contributed by atoms with Crippen LogP contribution in [-0.4, -0.2) is 11.6 Å². The average molecular weight is 246 g/mol. The first-order chi connectivity index (χ1) is 8.49. The third-order valence-corrected chi connectivity index (χ3v) is 2.41. The summed E-state index contributed by atoms with van der Waals surface area (Å²) in [7, 11) is 0. The summed E-state index contributed by atoms with van der Waals surface area (Å²) in [6, 6.07) is 1.65. The van der Waals surface area contributed by atoms with E-state index in [1.807, 2.05) is 20.8 Å². The number of rotatable bonds is 6. The molecule has 0 saturated carbocycles. The van der Waals surface area contributed by atoms with Gasteiger partial charge in [-0.2, -0.15) is 0 Å². The Hall–Kier alpha value is -1.90. The monoisotopic (exact) mass is 246 g/mol. The maximum atomic E-state index is 11.7. The molecular weight excluding hydrogens is 228 g/mol. The molecule has 18 heavy (non-hydrogen) atoms. The Morgan fingerprint density at radius 3 is 2.44 bits per heavy atom. The van der Waals surface area contributed by atoms with E-state index in [0.29, 0.717) is 18.4 Å². The van der Waals surface area contributed by atoms with E-state index in [1.165, 1.54) is 12.5 Å². The van der Waals surface area contributed by atoms with Crippen LogP contribution in [0.3, 0.4) is 0 Å². The molecule has 0 N–H and O–H groups in total. The van der Waals surface area contributed by atoms with E-state index in [-0.39, 0.29) is 11.6 Å². The molecule has 0 aliphatic heterocycles. The summed E-state index contributed by atoms with van der Waals surface area (Å²) in [6.07, 6.45) is 7.07. The molecule has 0 spiro atoms. The molecule has 3 heteroatoms. The van der Waals surface area contributed by atoms with Crippen molar-refractivity contribution < 1.29 is 14.0 Å². The van der Waals surface area contributed by atoms with E-state index in [1.54, 1.807) is 18.2 Å². The standard InChI is InChI=1S/C15H18O3/c1-11(2)8-14(16)9-12(3)4-5-15(17)13-6-7-18-10-13/h6-10H,4-5H2,1-3H3. The van der Waals surface area contributed by atoms with Crippen molar-refractivity contribution in [1.29, 1.82) is 0 Å². The van der Waals surface area contributed by atoms with Gasteiger partial charge in [-0.3, -0.25) is 9.59 Å². The highest BCUT2D eigenvalue weighted by molar-refractivity contribution is 6.00. The van der Waals surface area contributed by atoms with Gasteiger partial charge in [-0.05, 0) is 45.4 Å². The molecule has 1 rings (SSSR count). The number of hydrogen-bond donors (Lipinski definition) is 0. The van der Waals surface area contributed by atoms with Gasteiger partial charge in [0.1, 0.15) is 6.26 Å². The van der Waals surface area contributed by atoms with E-state index in [2.05, 4.69) is 0 Å². The molecule has 0 atom stereocenters. The van der Waals surface area contributed by atoms with Gasteiger partial charge in [0.05, 0.1) is 11.8 Å². The van der Waals surface area contributed by atoms with Crippen molar-refractivity contribution in [3.05, 3.63) is 47.5 Å². The first-order valence-electron chi connectivity index (χ1n) is 5.90. The normalized spacial score (nSPS) is 11.2. The Kier molecular flexibility index (Phi) is 5.31. The second kappa shape index (κ2) is 6.74. The molecule has 0 fully saturated rings. The van der Waals surface area contributed by atoms with Crippen LogP contribution in [0.15, 0.2) is 46.3 Å². The Balaban J connectivity index is 2.49. The van der Waals surface area contributed by atoms with Crippen molar-refractivity contribution in [2.75, 3.05) is 0 Å².